The first-order chi connectivity index (χ1) is 10.1. The van der Waals surface area contributed by atoms with Gasteiger partial charge < -0.3 is 16.0 Å². The van der Waals surface area contributed by atoms with E-state index in [1.165, 1.54) is 0 Å². The van der Waals surface area contributed by atoms with Crippen LogP contribution in [0.2, 0.25) is 0 Å². The van der Waals surface area contributed by atoms with Crippen molar-refractivity contribution in [2.45, 2.75) is 37.8 Å². The monoisotopic (exact) mass is 292 g/mol. The highest BCUT2D eigenvalue weighted by Crippen LogP contribution is 2.24. The summed E-state index contributed by atoms with van der Waals surface area (Å²) >= 11 is 0. The van der Waals surface area contributed by atoms with E-state index in [9.17, 15) is 9.59 Å². The van der Waals surface area contributed by atoms with Crippen molar-refractivity contribution in [2.75, 3.05) is 19.6 Å². The summed E-state index contributed by atoms with van der Waals surface area (Å²) in [5, 5.41) is 11.1. The van der Waals surface area contributed by atoms with E-state index in [2.05, 4.69) is 15.6 Å². The lowest BCUT2D eigenvalue weighted by molar-refractivity contribution is -0.119. The van der Waals surface area contributed by atoms with Crippen LogP contribution in [0.3, 0.4) is 0 Å². The van der Waals surface area contributed by atoms with Crippen molar-refractivity contribution in [3.63, 3.8) is 0 Å². The molecular weight excluding hydrogens is 272 g/mol. The number of nitrogens with zero attached hydrogens (tertiary/aromatic N) is 4. The fraction of sp³-hybridized carbons (Fsp3) is 0.692. The summed E-state index contributed by atoms with van der Waals surface area (Å²) in [6.07, 6.45) is 5.65. The van der Waals surface area contributed by atoms with Crippen molar-refractivity contribution < 1.29 is 9.59 Å². The molecule has 8 heteroatoms. The Labute approximate surface area is 122 Å². The highest BCUT2D eigenvalue weighted by Gasteiger charge is 2.30. The summed E-state index contributed by atoms with van der Waals surface area (Å²) < 4.78 is 1.71. The van der Waals surface area contributed by atoms with Crippen LogP contribution in [-0.2, 0) is 4.79 Å². The van der Waals surface area contributed by atoms with Crippen molar-refractivity contribution in [1.29, 1.82) is 0 Å². The zero-order valence-corrected chi connectivity index (χ0v) is 11.9. The number of aromatic nitrogens is 3. The standard InChI is InChI=1S/C13H20N6O2/c14-12(20)8-18(9-3-1-2-4-9)13(21)11-7-19(17-16-11)10-5-15-6-10/h7,9-10,15H,1-6,8H2,(H2,14,20). The molecule has 2 fully saturated rings. The molecule has 3 rings (SSSR count). The van der Waals surface area contributed by atoms with Gasteiger partial charge in [0.1, 0.15) is 0 Å². The molecule has 2 aliphatic rings. The van der Waals surface area contributed by atoms with E-state index in [-0.39, 0.29) is 30.2 Å². The van der Waals surface area contributed by atoms with E-state index < -0.39 is 5.91 Å². The maximum Gasteiger partial charge on any atom is 0.276 e. The second kappa shape index (κ2) is 5.80. The molecule has 0 unspecified atom stereocenters. The van der Waals surface area contributed by atoms with Crippen LogP contribution >= 0.6 is 0 Å². The number of hydrogen-bond acceptors (Lipinski definition) is 5. The minimum atomic E-state index is -0.495. The molecule has 0 radical (unpaired) electrons. The molecule has 0 aromatic carbocycles. The van der Waals surface area contributed by atoms with Crippen LogP contribution < -0.4 is 11.1 Å². The van der Waals surface area contributed by atoms with Gasteiger partial charge in [0, 0.05) is 19.1 Å². The third-order valence-electron chi connectivity index (χ3n) is 4.22. The molecule has 2 heterocycles. The molecule has 1 aliphatic heterocycles. The predicted octanol–water partition coefficient (Wildman–Crippen LogP) is -0.707. The predicted molar refractivity (Wildman–Crippen MR) is 74.4 cm³/mol. The molecule has 1 aliphatic carbocycles. The van der Waals surface area contributed by atoms with Gasteiger partial charge in [0.25, 0.3) is 5.91 Å². The third-order valence-corrected chi connectivity index (χ3v) is 4.22. The first kappa shape index (κ1) is 14.0. The summed E-state index contributed by atoms with van der Waals surface area (Å²) in [5.74, 6) is -0.745. The van der Waals surface area contributed by atoms with Crippen molar-refractivity contribution in [2.24, 2.45) is 5.73 Å². The summed E-state index contributed by atoms with van der Waals surface area (Å²) in [6, 6.07) is 0.343. The average Bonchev–Trinajstić information content (AvgIpc) is 3.03. The van der Waals surface area contributed by atoms with Gasteiger partial charge in [-0.25, -0.2) is 4.68 Å². The van der Waals surface area contributed by atoms with Crippen LogP contribution in [0.25, 0.3) is 0 Å². The Hall–Kier alpha value is -1.96. The number of nitrogens with two attached hydrogens (primary N) is 1. The topological polar surface area (TPSA) is 106 Å². The number of rotatable bonds is 5. The number of amides is 2. The first-order valence-electron chi connectivity index (χ1n) is 7.37. The van der Waals surface area contributed by atoms with Crippen molar-refractivity contribution in [3.05, 3.63) is 11.9 Å². The first-order valence-corrected chi connectivity index (χ1v) is 7.37. The van der Waals surface area contributed by atoms with Gasteiger partial charge in [-0.2, -0.15) is 0 Å². The number of hydrogen-bond donors (Lipinski definition) is 2. The zero-order valence-electron chi connectivity index (χ0n) is 11.9. The normalized spacial score (nSPS) is 19.4. The Kier molecular flexibility index (Phi) is 3.87. The largest absolute Gasteiger partial charge is 0.368 e. The Balaban J connectivity index is 1.75. The lowest BCUT2D eigenvalue weighted by atomic mass is 10.2. The van der Waals surface area contributed by atoms with Gasteiger partial charge in [-0.15, -0.1) is 5.10 Å². The maximum absolute atomic E-state index is 12.6. The molecule has 114 valence electrons. The molecule has 0 spiro atoms. The highest BCUT2D eigenvalue weighted by molar-refractivity contribution is 5.94. The molecule has 1 aromatic heterocycles. The van der Waals surface area contributed by atoms with E-state index in [0.717, 1.165) is 38.8 Å². The molecule has 3 N–H and O–H groups in total. The Bertz CT molecular complexity index is 533. The van der Waals surface area contributed by atoms with E-state index in [1.54, 1.807) is 15.8 Å². The van der Waals surface area contributed by atoms with E-state index in [4.69, 9.17) is 5.73 Å². The minimum Gasteiger partial charge on any atom is -0.368 e. The summed E-state index contributed by atoms with van der Waals surface area (Å²) in [7, 11) is 0. The van der Waals surface area contributed by atoms with Gasteiger partial charge in [0.2, 0.25) is 5.91 Å². The van der Waals surface area contributed by atoms with Crippen molar-refractivity contribution >= 4 is 11.8 Å². The number of carbonyl (C=O) groups is 2. The molecule has 21 heavy (non-hydrogen) atoms. The fourth-order valence-electron chi connectivity index (χ4n) is 2.91. The Morgan fingerprint density at radius 3 is 2.67 bits per heavy atom. The van der Waals surface area contributed by atoms with E-state index in [0.29, 0.717) is 0 Å². The Morgan fingerprint density at radius 2 is 2.10 bits per heavy atom. The highest BCUT2D eigenvalue weighted by atomic mass is 16.2. The van der Waals surface area contributed by atoms with Gasteiger partial charge in [-0.05, 0) is 12.8 Å². The van der Waals surface area contributed by atoms with Gasteiger partial charge in [-0.1, -0.05) is 18.1 Å². The fourth-order valence-corrected chi connectivity index (χ4v) is 2.91. The van der Waals surface area contributed by atoms with Gasteiger partial charge in [0.15, 0.2) is 5.69 Å². The van der Waals surface area contributed by atoms with Gasteiger partial charge >= 0.3 is 0 Å². The molecule has 1 saturated heterocycles. The second-order valence-corrected chi connectivity index (χ2v) is 5.73. The van der Waals surface area contributed by atoms with Crippen LogP contribution in [0, 0.1) is 0 Å². The average molecular weight is 292 g/mol. The quantitative estimate of drug-likeness (QED) is 0.746. The third kappa shape index (κ3) is 2.90. The van der Waals surface area contributed by atoms with Crippen LogP contribution in [0.15, 0.2) is 6.20 Å². The summed E-state index contributed by atoms with van der Waals surface area (Å²) in [6.45, 7) is 1.62. The van der Waals surface area contributed by atoms with Gasteiger partial charge in [0.05, 0.1) is 18.8 Å². The van der Waals surface area contributed by atoms with E-state index in [1.807, 2.05) is 0 Å². The van der Waals surface area contributed by atoms with Crippen molar-refractivity contribution in [3.8, 4) is 0 Å². The maximum atomic E-state index is 12.6. The molecular formula is C13H20N6O2. The molecule has 2 amide bonds. The lowest BCUT2D eigenvalue weighted by Crippen LogP contribution is -2.44. The molecule has 8 nitrogen and oxygen atoms in total. The van der Waals surface area contributed by atoms with Crippen LogP contribution in [0.5, 0.6) is 0 Å². The molecule has 0 atom stereocenters. The zero-order chi connectivity index (χ0) is 14.8. The SMILES string of the molecule is NC(=O)CN(C(=O)c1cn(C2CNC2)nn1)C1CCCC1. The summed E-state index contributed by atoms with van der Waals surface area (Å²) in [4.78, 5) is 25.4. The summed E-state index contributed by atoms with van der Waals surface area (Å²) in [5.41, 5.74) is 5.57. The van der Waals surface area contributed by atoms with Crippen molar-refractivity contribution in [1.82, 2.24) is 25.2 Å². The minimum absolute atomic E-state index is 0.0542. The number of carbonyl (C=O) groups excluding carboxylic acids is 2. The number of nitrogens with one attached hydrogen (secondary N) is 1. The van der Waals surface area contributed by atoms with Crippen LogP contribution in [0.4, 0.5) is 0 Å². The lowest BCUT2D eigenvalue weighted by Gasteiger charge is -2.27. The van der Waals surface area contributed by atoms with Crippen LogP contribution in [0.1, 0.15) is 42.2 Å². The van der Waals surface area contributed by atoms with E-state index >= 15 is 0 Å². The molecule has 1 saturated carbocycles. The Morgan fingerprint density at radius 1 is 1.38 bits per heavy atom. The molecule has 0 bridgehead atoms. The smallest absolute Gasteiger partial charge is 0.276 e. The van der Waals surface area contributed by atoms with Gasteiger partial charge in [-0.3, -0.25) is 9.59 Å². The second-order valence-electron chi connectivity index (χ2n) is 5.73. The molecule has 1 aromatic rings. The van der Waals surface area contributed by atoms with Crippen LogP contribution in [-0.4, -0.2) is 57.4 Å². The number of primary amides is 1.